The first kappa shape index (κ1) is 22.1. The molecule has 0 spiro atoms. The van der Waals surface area contributed by atoms with Crippen molar-refractivity contribution in [1.82, 2.24) is 15.1 Å². The van der Waals surface area contributed by atoms with E-state index >= 15 is 0 Å². The zero-order valence-electron chi connectivity index (χ0n) is 17.0. The van der Waals surface area contributed by atoms with E-state index in [1.54, 1.807) is 19.0 Å². The van der Waals surface area contributed by atoms with Crippen LogP contribution in [0.4, 0.5) is 13.2 Å². The standard InChI is InChI=1S/C21H26F3N3O3/c1-25-19(29)14-9-11-27(12-10-14)20(30)16-7-8-17(28)26(2)18(16)13-3-5-15(6-4-13)21(22,23)24/h3-6,14,16,18H,7-12H2,1-2H3,(H,25,29). The molecule has 2 saturated heterocycles. The molecule has 30 heavy (non-hydrogen) atoms. The number of carbonyl (C=O) groups excluding carboxylic acids is 3. The van der Waals surface area contributed by atoms with Crippen LogP contribution in [0.25, 0.3) is 0 Å². The number of carbonyl (C=O) groups is 3. The molecule has 6 nitrogen and oxygen atoms in total. The molecule has 0 aromatic heterocycles. The van der Waals surface area contributed by atoms with Crippen molar-refractivity contribution < 1.29 is 27.6 Å². The zero-order chi connectivity index (χ0) is 22.1. The van der Waals surface area contributed by atoms with Gasteiger partial charge < -0.3 is 15.1 Å². The Labute approximate surface area is 173 Å². The zero-order valence-corrected chi connectivity index (χ0v) is 17.0. The van der Waals surface area contributed by atoms with E-state index in [1.165, 1.54) is 17.0 Å². The fraction of sp³-hybridized carbons (Fsp3) is 0.571. The summed E-state index contributed by atoms with van der Waals surface area (Å²) < 4.78 is 38.7. The second-order valence-corrected chi connectivity index (χ2v) is 7.93. The molecule has 2 fully saturated rings. The topological polar surface area (TPSA) is 69.7 Å². The third kappa shape index (κ3) is 4.44. The molecule has 1 N–H and O–H groups in total. The van der Waals surface area contributed by atoms with Gasteiger partial charge in [0.05, 0.1) is 17.5 Å². The van der Waals surface area contributed by atoms with Crippen molar-refractivity contribution in [3.05, 3.63) is 35.4 Å². The highest BCUT2D eigenvalue weighted by Gasteiger charge is 2.42. The van der Waals surface area contributed by atoms with Gasteiger partial charge in [-0.2, -0.15) is 13.2 Å². The van der Waals surface area contributed by atoms with E-state index in [1.807, 2.05) is 0 Å². The molecule has 9 heteroatoms. The Balaban J connectivity index is 1.79. The molecule has 2 aliphatic heterocycles. The Morgan fingerprint density at radius 1 is 1.07 bits per heavy atom. The van der Waals surface area contributed by atoms with Gasteiger partial charge in [-0.15, -0.1) is 0 Å². The monoisotopic (exact) mass is 425 g/mol. The summed E-state index contributed by atoms with van der Waals surface area (Å²) in [7, 11) is 3.17. The fourth-order valence-corrected chi connectivity index (χ4v) is 4.42. The average molecular weight is 425 g/mol. The summed E-state index contributed by atoms with van der Waals surface area (Å²) >= 11 is 0. The molecule has 3 rings (SSSR count). The highest BCUT2D eigenvalue weighted by atomic mass is 19.4. The number of rotatable bonds is 3. The molecule has 0 aliphatic carbocycles. The maximum atomic E-state index is 13.3. The smallest absolute Gasteiger partial charge is 0.359 e. The summed E-state index contributed by atoms with van der Waals surface area (Å²) in [5.74, 6) is -0.939. The molecule has 2 atom stereocenters. The summed E-state index contributed by atoms with van der Waals surface area (Å²) in [6.45, 7) is 0.898. The van der Waals surface area contributed by atoms with Crippen LogP contribution in [-0.2, 0) is 20.6 Å². The van der Waals surface area contributed by atoms with E-state index in [-0.39, 0.29) is 30.1 Å². The molecular formula is C21H26F3N3O3. The lowest BCUT2D eigenvalue weighted by molar-refractivity contribution is -0.148. The summed E-state index contributed by atoms with van der Waals surface area (Å²) in [6, 6.07) is 4.05. The highest BCUT2D eigenvalue weighted by Crippen LogP contribution is 2.39. The van der Waals surface area contributed by atoms with E-state index in [2.05, 4.69) is 5.32 Å². The predicted octanol–water partition coefficient (Wildman–Crippen LogP) is 2.60. The number of alkyl halides is 3. The number of halogens is 3. The van der Waals surface area contributed by atoms with Gasteiger partial charge in [0.15, 0.2) is 0 Å². The van der Waals surface area contributed by atoms with Gasteiger partial charge in [-0.1, -0.05) is 12.1 Å². The van der Waals surface area contributed by atoms with Crippen LogP contribution < -0.4 is 5.32 Å². The van der Waals surface area contributed by atoms with Gasteiger partial charge in [0.1, 0.15) is 0 Å². The Bertz CT molecular complexity index is 802. The summed E-state index contributed by atoms with van der Waals surface area (Å²) in [5.41, 5.74) is -0.257. The van der Waals surface area contributed by atoms with Gasteiger partial charge in [-0.25, -0.2) is 0 Å². The molecule has 0 saturated carbocycles. The lowest BCUT2D eigenvalue weighted by atomic mass is 9.82. The number of piperidine rings is 2. The van der Waals surface area contributed by atoms with Crippen LogP contribution in [0.5, 0.6) is 0 Å². The predicted molar refractivity (Wildman–Crippen MR) is 103 cm³/mol. The first-order chi connectivity index (χ1) is 14.1. The number of nitrogens with zero attached hydrogens (tertiary/aromatic N) is 2. The van der Waals surface area contributed by atoms with Gasteiger partial charge in [0.2, 0.25) is 17.7 Å². The Morgan fingerprint density at radius 2 is 1.67 bits per heavy atom. The summed E-state index contributed by atoms with van der Waals surface area (Å²) in [4.78, 5) is 40.5. The minimum absolute atomic E-state index is 0.0345. The quantitative estimate of drug-likeness (QED) is 0.810. The Kier molecular flexibility index (Phi) is 6.38. The normalized spacial score (nSPS) is 23.4. The maximum Gasteiger partial charge on any atom is 0.416 e. The maximum absolute atomic E-state index is 13.3. The van der Waals surface area contributed by atoms with Crippen molar-refractivity contribution in [3.63, 3.8) is 0 Å². The van der Waals surface area contributed by atoms with E-state index in [0.29, 0.717) is 37.9 Å². The van der Waals surface area contributed by atoms with Crippen LogP contribution in [0.3, 0.4) is 0 Å². The van der Waals surface area contributed by atoms with Gasteiger partial charge in [0, 0.05) is 39.5 Å². The van der Waals surface area contributed by atoms with Crippen molar-refractivity contribution in [2.75, 3.05) is 27.2 Å². The van der Waals surface area contributed by atoms with Crippen LogP contribution in [0.1, 0.15) is 42.9 Å². The van der Waals surface area contributed by atoms with Crippen molar-refractivity contribution >= 4 is 17.7 Å². The van der Waals surface area contributed by atoms with Gasteiger partial charge in [-0.3, -0.25) is 14.4 Å². The van der Waals surface area contributed by atoms with Gasteiger partial charge in [0.25, 0.3) is 0 Å². The first-order valence-corrected chi connectivity index (χ1v) is 10.1. The number of amides is 3. The summed E-state index contributed by atoms with van der Waals surface area (Å²) in [6.07, 6.45) is -2.74. The van der Waals surface area contributed by atoms with E-state index < -0.39 is 23.7 Å². The van der Waals surface area contributed by atoms with Crippen LogP contribution in [-0.4, -0.2) is 54.7 Å². The number of nitrogens with one attached hydrogen (secondary N) is 1. The Morgan fingerprint density at radius 3 is 2.20 bits per heavy atom. The average Bonchev–Trinajstić information content (AvgIpc) is 2.74. The largest absolute Gasteiger partial charge is 0.416 e. The van der Waals surface area contributed by atoms with Crippen molar-refractivity contribution in [1.29, 1.82) is 0 Å². The second-order valence-electron chi connectivity index (χ2n) is 7.93. The molecule has 2 heterocycles. The van der Waals surface area contributed by atoms with Gasteiger partial charge in [-0.05, 0) is 37.0 Å². The highest BCUT2D eigenvalue weighted by molar-refractivity contribution is 5.85. The van der Waals surface area contributed by atoms with E-state index in [4.69, 9.17) is 0 Å². The molecule has 164 valence electrons. The van der Waals surface area contributed by atoms with E-state index in [0.717, 1.165) is 12.1 Å². The van der Waals surface area contributed by atoms with Crippen LogP contribution in [0.15, 0.2) is 24.3 Å². The number of likely N-dealkylation sites (tertiary alicyclic amines) is 2. The van der Waals surface area contributed by atoms with Gasteiger partial charge >= 0.3 is 6.18 Å². The van der Waals surface area contributed by atoms with Crippen LogP contribution in [0, 0.1) is 11.8 Å². The molecule has 3 amide bonds. The lowest BCUT2D eigenvalue weighted by Crippen LogP contribution is -2.50. The van der Waals surface area contributed by atoms with Crippen LogP contribution in [0.2, 0.25) is 0 Å². The summed E-state index contributed by atoms with van der Waals surface area (Å²) in [5, 5.41) is 2.63. The molecule has 1 aromatic rings. The minimum atomic E-state index is -4.45. The number of hydrogen-bond donors (Lipinski definition) is 1. The molecule has 1 aromatic carbocycles. The molecular weight excluding hydrogens is 399 g/mol. The van der Waals surface area contributed by atoms with Crippen molar-refractivity contribution in [2.45, 2.75) is 37.9 Å². The fourth-order valence-electron chi connectivity index (χ4n) is 4.42. The van der Waals surface area contributed by atoms with Crippen LogP contribution >= 0.6 is 0 Å². The number of benzene rings is 1. The molecule has 0 bridgehead atoms. The molecule has 2 unspecified atom stereocenters. The van der Waals surface area contributed by atoms with Crippen molar-refractivity contribution in [2.24, 2.45) is 11.8 Å². The SMILES string of the molecule is CNC(=O)C1CCN(C(=O)C2CCC(=O)N(C)C2c2ccc(C(F)(F)F)cc2)CC1. The number of hydrogen-bond acceptors (Lipinski definition) is 3. The Hall–Kier alpha value is -2.58. The third-order valence-corrected chi connectivity index (χ3v) is 6.18. The first-order valence-electron chi connectivity index (χ1n) is 10.1. The lowest BCUT2D eigenvalue weighted by Gasteiger charge is -2.42. The minimum Gasteiger partial charge on any atom is -0.359 e. The third-order valence-electron chi connectivity index (χ3n) is 6.18. The van der Waals surface area contributed by atoms with Crippen molar-refractivity contribution in [3.8, 4) is 0 Å². The van der Waals surface area contributed by atoms with E-state index in [9.17, 15) is 27.6 Å². The molecule has 0 radical (unpaired) electrons. The second kappa shape index (κ2) is 8.65. The molecule has 2 aliphatic rings.